The van der Waals surface area contributed by atoms with E-state index in [-0.39, 0.29) is 24.5 Å². The molecule has 12 heavy (non-hydrogen) atoms. The second-order valence-electron chi connectivity index (χ2n) is 1.86. The van der Waals surface area contributed by atoms with Gasteiger partial charge in [0.1, 0.15) is 0 Å². The van der Waals surface area contributed by atoms with Crippen LogP contribution < -0.4 is 17.0 Å². The van der Waals surface area contributed by atoms with Gasteiger partial charge in [-0.2, -0.15) is 0 Å². The van der Waals surface area contributed by atoms with Crippen molar-refractivity contribution in [2.75, 3.05) is 0 Å². The van der Waals surface area contributed by atoms with Crippen LogP contribution in [0, 0.1) is 0 Å². The van der Waals surface area contributed by atoms with Gasteiger partial charge in [-0.1, -0.05) is 0 Å². The zero-order chi connectivity index (χ0) is 8.15. The summed E-state index contributed by atoms with van der Waals surface area (Å²) in [6.07, 6.45) is -0.327. The minimum atomic E-state index is -1.42. The maximum Gasteiger partial charge on any atom is 0.303 e. The Kier molecular flexibility index (Phi) is 11.3. The van der Waals surface area contributed by atoms with Crippen LogP contribution in [0.1, 0.15) is 12.8 Å². The van der Waals surface area contributed by atoms with Gasteiger partial charge in [0.25, 0.3) is 0 Å². The summed E-state index contributed by atoms with van der Waals surface area (Å²) in [6.45, 7) is 0. The van der Waals surface area contributed by atoms with Crippen molar-refractivity contribution in [2.45, 2.75) is 18.9 Å². The fourth-order valence-corrected chi connectivity index (χ4v) is 0.397. The third-order valence-electron chi connectivity index (χ3n) is 0.972. The van der Waals surface area contributed by atoms with Gasteiger partial charge in [-0.25, -0.2) is 0 Å². The minimum absolute atomic E-state index is 0. The fourth-order valence-electron chi connectivity index (χ4n) is 0.397. The van der Waals surface area contributed by atoms with Crippen molar-refractivity contribution >= 4 is 11.9 Å². The lowest BCUT2D eigenvalue weighted by Gasteiger charge is -2.09. The van der Waals surface area contributed by atoms with E-state index < -0.39 is 18.0 Å². The number of hydrogen-bond donors (Lipinski definition) is 3. The molecule has 0 spiro atoms. The van der Waals surface area contributed by atoms with Crippen molar-refractivity contribution in [3.63, 3.8) is 0 Å². The van der Waals surface area contributed by atoms with E-state index in [0.717, 1.165) is 0 Å². The van der Waals surface area contributed by atoms with Gasteiger partial charge in [0, 0.05) is 12.5 Å². The Morgan fingerprint density at radius 3 is 2.17 bits per heavy atom. The highest BCUT2D eigenvalue weighted by atomic mass is 16.4. The molecule has 0 aliphatic heterocycles. The van der Waals surface area contributed by atoms with Crippen LogP contribution in [-0.4, -0.2) is 28.6 Å². The van der Waals surface area contributed by atoms with Gasteiger partial charge in [-0.3, -0.25) is 4.79 Å². The maximum absolute atomic E-state index is 9.88. The summed E-state index contributed by atoms with van der Waals surface area (Å²) >= 11 is 0. The highest BCUT2D eigenvalue weighted by molar-refractivity contribution is 5.72. The highest BCUT2D eigenvalue weighted by Gasteiger charge is 2.05. The van der Waals surface area contributed by atoms with Crippen LogP contribution in [0.4, 0.5) is 0 Å². The van der Waals surface area contributed by atoms with Gasteiger partial charge < -0.3 is 32.4 Å². The molecule has 0 heterocycles. The van der Waals surface area contributed by atoms with E-state index in [1.165, 1.54) is 0 Å². The van der Waals surface area contributed by atoms with Crippen LogP contribution in [0.15, 0.2) is 0 Å². The summed E-state index contributed by atoms with van der Waals surface area (Å²) in [6, 6.07) is -1.17. The molecule has 0 saturated heterocycles. The van der Waals surface area contributed by atoms with Crippen LogP contribution in [0.2, 0.25) is 0 Å². The van der Waals surface area contributed by atoms with E-state index in [1.807, 2.05) is 0 Å². The summed E-state index contributed by atoms with van der Waals surface area (Å²) in [5.41, 5.74) is 4.94. The monoisotopic (exact) mass is 182 g/mol. The molecule has 0 bridgehead atoms. The van der Waals surface area contributed by atoms with Gasteiger partial charge in [0.05, 0.1) is 5.97 Å². The summed E-state index contributed by atoms with van der Waals surface area (Å²) in [5.74, 6) is -2.47. The number of rotatable bonds is 4. The van der Waals surface area contributed by atoms with E-state index >= 15 is 0 Å². The number of aliphatic carboxylic acids is 2. The molecule has 0 amide bonds. The Hall–Kier alpha value is -1.18. The summed E-state index contributed by atoms with van der Waals surface area (Å²) in [4.78, 5) is 19.7. The number of nitrogens with two attached hydrogens (primary N) is 1. The predicted molar refractivity (Wildman–Crippen MR) is 39.5 cm³/mol. The Balaban J connectivity index is -0.000000405. The second-order valence-corrected chi connectivity index (χ2v) is 1.86. The predicted octanol–water partition coefficient (Wildman–Crippen LogP) is -2.52. The summed E-state index contributed by atoms with van der Waals surface area (Å²) < 4.78 is 0. The zero-order valence-electron chi connectivity index (χ0n) is 6.74. The highest BCUT2D eigenvalue weighted by Crippen LogP contribution is 1.92. The Bertz CT molecular complexity index is 149. The average molecular weight is 182 g/mol. The van der Waals surface area contributed by atoms with Gasteiger partial charge in [-0.15, -0.1) is 0 Å². The zero-order valence-corrected chi connectivity index (χ0v) is 6.74. The normalized spacial score (nSPS) is 10.4. The number of carbonyl (C=O) groups is 2. The SMILES string of the molecule is NC(CCC(=O)O)C(=O)[O-].O.[NH4+]. The molecule has 0 aliphatic carbocycles. The lowest BCUT2D eigenvalue weighted by molar-refractivity contribution is -0.307. The van der Waals surface area contributed by atoms with Crippen molar-refractivity contribution in [1.29, 1.82) is 0 Å². The number of carbonyl (C=O) groups excluding carboxylic acids is 1. The van der Waals surface area contributed by atoms with Gasteiger partial charge >= 0.3 is 5.97 Å². The van der Waals surface area contributed by atoms with Gasteiger partial charge in [0.2, 0.25) is 0 Å². The number of carboxylic acid groups (broad SMARTS) is 2. The molecule has 7 nitrogen and oxygen atoms in total. The standard InChI is InChI=1S/C5H9NO4.H3N.H2O/c6-3(5(9)10)1-2-4(7)8;;/h3H,1-2,6H2,(H,7,8)(H,9,10);1H3;1H2. The molecule has 0 aliphatic rings. The van der Waals surface area contributed by atoms with E-state index in [0.29, 0.717) is 0 Å². The quantitative estimate of drug-likeness (QED) is 0.434. The van der Waals surface area contributed by atoms with Gasteiger partial charge in [0.15, 0.2) is 0 Å². The fraction of sp³-hybridized carbons (Fsp3) is 0.600. The van der Waals surface area contributed by atoms with Gasteiger partial charge in [-0.05, 0) is 6.42 Å². The van der Waals surface area contributed by atoms with Crippen LogP contribution >= 0.6 is 0 Å². The van der Waals surface area contributed by atoms with E-state index in [2.05, 4.69) is 0 Å². The lowest BCUT2D eigenvalue weighted by Crippen LogP contribution is -2.41. The lowest BCUT2D eigenvalue weighted by atomic mass is 10.2. The first-order valence-electron chi connectivity index (χ1n) is 2.72. The van der Waals surface area contributed by atoms with E-state index in [4.69, 9.17) is 10.8 Å². The van der Waals surface area contributed by atoms with Crippen LogP contribution in [0.3, 0.4) is 0 Å². The molecule has 0 fully saturated rings. The number of quaternary nitrogens is 1. The van der Waals surface area contributed by atoms with Crippen molar-refractivity contribution in [3.8, 4) is 0 Å². The third-order valence-corrected chi connectivity index (χ3v) is 0.972. The summed E-state index contributed by atoms with van der Waals surface area (Å²) in [7, 11) is 0. The molecule has 0 saturated carbocycles. The van der Waals surface area contributed by atoms with Crippen molar-refractivity contribution in [2.24, 2.45) is 5.73 Å². The molecule has 0 aromatic rings. The molecule has 0 aromatic carbocycles. The first-order valence-corrected chi connectivity index (χ1v) is 2.72. The number of carboxylic acids is 2. The van der Waals surface area contributed by atoms with Crippen LogP contribution in [0.5, 0.6) is 0 Å². The maximum atomic E-state index is 9.88. The molecule has 7 heteroatoms. The van der Waals surface area contributed by atoms with Crippen molar-refractivity contribution in [1.82, 2.24) is 6.15 Å². The van der Waals surface area contributed by atoms with Crippen molar-refractivity contribution in [3.05, 3.63) is 0 Å². The topological polar surface area (TPSA) is 171 Å². The van der Waals surface area contributed by atoms with Crippen LogP contribution in [-0.2, 0) is 9.59 Å². The first kappa shape index (κ1) is 17.1. The molecule has 1 atom stereocenters. The number of hydrogen-bond acceptors (Lipinski definition) is 4. The van der Waals surface area contributed by atoms with Crippen LogP contribution in [0.25, 0.3) is 0 Å². The third kappa shape index (κ3) is 8.82. The van der Waals surface area contributed by atoms with Crippen molar-refractivity contribution < 1.29 is 25.3 Å². The first-order chi connectivity index (χ1) is 4.54. The molecular weight excluding hydrogens is 168 g/mol. The Labute approximate surface area is 69.1 Å². The molecule has 74 valence electrons. The van der Waals surface area contributed by atoms with E-state index in [1.54, 1.807) is 0 Å². The molecule has 0 aromatic heterocycles. The molecule has 9 N–H and O–H groups in total. The molecule has 1 unspecified atom stereocenters. The Morgan fingerprint density at radius 2 is 1.92 bits per heavy atom. The largest absolute Gasteiger partial charge is 0.548 e. The molecule has 0 radical (unpaired) electrons. The van der Waals surface area contributed by atoms with E-state index in [9.17, 15) is 14.7 Å². The molecule has 0 rings (SSSR count). The second kappa shape index (κ2) is 7.92. The smallest absolute Gasteiger partial charge is 0.303 e. The Morgan fingerprint density at radius 1 is 1.50 bits per heavy atom. The summed E-state index contributed by atoms with van der Waals surface area (Å²) in [5, 5.41) is 18.0. The minimum Gasteiger partial charge on any atom is -0.548 e. The molecular formula is C5H14N2O5. The average Bonchev–Trinajstić information content (AvgIpc) is 1.82.